The van der Waals surface area contributed by atoms with Gasteiger partial charge in [0.15, 0.2) is 0 Å². The molecule has 102 valence electrons. The molecule has 0 unspecified atom stereocenters. The molecule has 0 spiro atoms. The summed E-state index contributed by atoms with van der Waals surface area (Å²) < 4.78 is 15.9. The first kappa shape index (κ1) is 14.8. The van der Waals surface area contributed by atoms with Gasteiger partial charge in [-0.25, -0.2) is 0 Å². The van der Waals surface area contributed by atoms with Crippen LogP contribution in [0.25, 0.3) is 0 Å². The van der Waals surface area contributed by atoms with Crippen molar-refractivity contribution in [2.24, 2.45) is 0 Å². The van der Waals surface area contributed by atoms with E-state index in [0.29, 0.717) is 24.7 Å². The minimum absolute atomic E-state index is 0.186. The lowest BCUT2D eigenvalue weighted by atomic mass is 10.2. The Kier molecular flexibility index (Phi) is 6.22. The van der Waals surface area contributed by atoms with Gasteiger partial charge >= 0.3 is 5.97 Å². The minimum Gasteiger partial charge on any atom is -0.489 e. The Morgan fingerprint density at radius 1 is 1.11 bits per heavy atom. The molecule has 4 nitrogen and oxygen atoms in total. The van der Waals surface area contributed by atoms with Crippen LogP contribution in [0.1, 0.15) is 12.5 Å². The van der Waals surface area contributed by atoms with Gasteiger partial charge in [-0.3, -0.25) is 4.79 Å². The summed E-state index contributed by atoms with van der Waals surface area (Å²) in [6, 6.07) is 5.37. The Bertz CT molecular complexity index is 421. The van der Waals surface area contributed by atoms with Crippen LogP contribution < -0.4 is 9.47 Å². The molecule has 0 radical (unpaired) electrons. The molecule has 0 bridgehead atoms. The zero-order chi connectivity index (χ0) is 14.1. The summed E-state index contributed by atoms with van der Waals surface area (Å²) in [5.41, 5.74) is 0.802. The van der Waals surface area contributed by atoms with E-state index in [4.69, 9.17) is 14.2 Å². The molecule has 0 saturated heterocycles. The summed E-state index contributed by atoms with van der Waals surface area (Å²) in [4.78, 5) is 10.8. The van der Waals surface area contributed by atoms with Crippen LogP contribution in [0.15, 0.2) is 43.5 Å². The van der Waals surface area contributed by atoms with Crippen molar-refractivity contribution in [3.8, 4) is 11.5 Å². The second-order valence-corrected chi connectivity index (χ2v) is 3.79. The fourth-order valence-electron chi connectivity index (χ4n) is 1.38. The second kappa shape index (κ2) is 7.97. The summed E-state index contributed by atoms with van der Waals surface area (Å²) in [5, 5.41) is 0. The van der Waals surface area contributed by atoms with E-state index in [1.807, 2.05) is 0 Å². The first-order chi connectivity index (χ1) is 9.15. The maximum Gasteiger partial charge on any atom is 0.302 e. The number of hydrogen-bond acceptors (Lipinski definition) is 4. The number of hydrogen-bond donors (Lipinski definition) is 0. The SMILES string of the molecule is C=CCOc1cc(COC(C)=O)cc(OCC=C)c1. The number of benzene rings is 1. The molecule has 0 aliphatic rings. The molecule has 1 aromatic carbocycles. The van der Waals surface area contributed by atoms with Crippen molar-refractivity contribution in [3.63, 3.8) is 0 Å². The van der Waals surface area contributed by atoms with Crippen LogP contribution in [0, 0.1) is 0 Å². The predicted octanol–water partition coefficient (Wildman–Crippen LogP) is 2.88. The van der Waals surface area contributed by atoms with Crippen LogP contribution in [-0.4, -0.2) is 19.2 Å². The molecule has 4 heteroatoms. The van der Waals surface area contributed by atoms with E-state index < -0.39 is 0 Å². The molecule has 0 saturated carbocycles. The Morgan fingerprint density at radius 3 is 2.05 bits per heavy atom. The molecule has 0 aliphatic carbocycles. The molecule has 1 aromatic rings. The van der Waals surface area contributed by atoms with Gasteiger partial charge in [-0.1, -0.05) is 25.3 Å². The normalized spacial score (nSPS) is 9.53. The lowest BCUT2D eigenvalue weighted by Gasteiger charge is -2.11. The van der Waals surface area contributed by atoms with Crippen molar-refractivity contribution in [2.75, 3.05) is 13.2 Å². The van der Waals surface area contributed by atoms with Crippen molar-refractivity contribution in [1.82, 2.24) is 0 Å². The first-order valence-corrected chi connectivity index (χ1v) is 5.90. The van der Waals surface area contributed by atoms with Crippen molar-refractivity contribution in [2.45, 2.75) is 13.5 Å². The highest BCUT2D eigenvalue weighted by molar-refractivity contribution is 5.66. The maximum absolute atomic E-state index is 10.8. The van der Waals surface area contributed by atoms with Gasteiger partial charge in [0.2, 0.25) is 0 Å². The Hall–Kier alpha value is -2.23. The van der Waals surface area contributed by atoms with Crippen LogP contribution in [0.2, 0.25) is 0 Å². The van der Waals surface area contributed by atoms with Gasteiger partial charge in [-0.15, -0.1) is 0 Å². The lowest BCUT2D eigenvalue weighted by molar-refractivity contribution is -0.142. The molecule has 0 aromatic heterocycles. The van der Waals surface area contributed by atoms with Gasteiger partial charge < -0.3 is 14.2 Å². The summed E-state index contributed by atoms with van der Waals surface area (Å²) in [5.74, 6) is 0.957. The second-order valence-electron chi connectivity index (χ2n) is 3.79. The number of carbonyl (C=O) groups is 1. The fraction of sp³-hybridized carbons (Fsp3) is 0.267. The molecular formula is C15H18O4. The van der Waals surface area contributed by atoms with Gasteiger partial charge in [-0.05, 0) is 17.7 Å². The molecule has 0 heterocycles. The van der Waals surface area contributed by atoms with E-state index in [0.717, 1.165) is 5.56 Å². The predicted molar refractivity (Wildman–Crippen MR) is 73.3 cm³/mol. The van der Waals surface area contributed by atoms with E-state index >= 15 is 0 Å². The van der Waals surface area contributed by atoms with E-state index in [9.17, 15) is 4.79 Å². The highest BCUT2D eigenvalue weighted by Crippen LogP contribution is 2.23. The molecule has 0 N–H and O–H groups in total. The van der Waals surface area contributed by atoms with Crippen molar-refractivity contribution < 1.29 is 19.0 Å². The number of rotatable bonds is 8. The molecule has 19 heavy (non-hydrogen) atoms. The van der Waals surface area contributed by atoms with Gasteiger partial charge in [0.25, 0.3) is 0 Å². The summed E-state index contributed by atoms with van der Waals surface area (Å²) in [7, 11) is 0. The van der Waals surface area contributed by atoms with Gasteiger partial charge in [-0.2, -0.15) is 0 Å². The molecule has 0 fully saturated rings. The van der Waals surface area contributed by atoms with Crippen molar-refractivity contribution in [1.29, 1.82) is 0 Å². The highest BCUT2D eigenvalue weighted by atomic mass is 16.5. The third kappa shape index (κ3) is 5.77. The van der Waals surface area contributed by atoms with Crippen LogP contribution in [0.5, 0.6) is 11.5 Å². The average Bonchev–Trinajstić information content (AvgIpc) is 2.40. The molecule has 0 atom stereocenters. The standard InChI is InChI=1S/C15H18O4/c1-4-6-17-14-8-13(11-19-12(3)16)9-15(10-14)18-7-5-2/h4-5,8-10H,1-2,6-7,11H2,3H3. The lowest BCUT2D eigenvalue weighted by Crippen LogP contribution is -2.01. The summed E-state index contributed by atoms with van der Waals surface area (Å²) >= 11 is 0. The zero-order valence-corrected chi connectivity index (χ0v) is 11.1. The Balaban J connectivity index is 2.83. The third-order valence-electron chi connectivity index (χ3n) is 2.12. The molecular weight excluding hydrogens is 244 g/mol. The highest BCUT2D eigenvalue weighted by Gasteiger charge is 2.04. The molecule has 1 rings (SSSR count). The van der Waals surface area contributed by atoms with Gasteiger partial charge in [0.05, 0.1) is 0 Å². The average molecular weight is 262 g/mol. The smallest absolute Gasteiger partial charge is 0.302 e. The van der Waals surface area contributed by atoms with Crippen molar-refractivity contribution in [3.05, 3.63) is 49.1 Å². The van der Waals surface area contributed by atoms with E-state index in [1.165, 1.54) is 6.92 Å². The van der Waals surface area contributed by atoms with Crippen molar-refractivity contribution >= 4 is 5.97 Å². The van der Waals surface area contributed by atoms with Crippen LogP contribution >= 0.6 is 0 Å². The monoisotopic (exact) mass is 262 g/mol. The van der Waals surface area contributed by atoms with Crippen LogP contribution in [0.4, 0.5) is 0 Å². The Labute approximate surface area is 113 Å². The maximum atomic E-state index is 10.8. The Morgan fingerprint density at radius 2 is 1.63 bits per heavy atom. The van der Waals surface area contributed by atoms with Crippen LogP contribution in [-0.2, 0) is 16.1 Å². The number of ether oxygens (including phenoxy) is 3. The first-order valence-electron chi connectivity index (χ1n) is 5.90. The summed E-state index contributed by atoms with van der Waals surface area (Å²) in [6.07, 6.45) is 3.31. The zero-order valence-electron chi connectivity index (χ0n) is 11.1. The van der Waals surface area contributed by atoms with Crippen LogP contribution in [0.3, 0.4) is 0 Å². The van der Waals surface area contributed by atoms with E-state index in [2.05, 4.69) is 13.2 Å². The fourth-order valence-corrected chi connectivity index (χ4v) is 1.38. The molecule has 0 amide bonds. The topological polar surface area (TPSA) is 44.8 Å². The van der Waals surface area contributed by atoms with Gasteiger partial charge in [0.1, 0.15) is 31.3 Å². The molecule has 0 aliphatic heterocycles. The number of esters is 1. The summed E-state index contributed by atoms with van der Waals surface area (Å²) in [6.45, 7) is 9.54. The van der Waals surface area contributed by atoms with Gasteiger partial charge in [0, 0.05) is 13.0 Å². The quantitative estimate of drug-likeness (QED) is 0.534. The van der Waals surface area contributed by atoms with E-state index in [1.54, 1.807) is 30.4 Å². The largest absolute Gasteiger partial charge is 0.489 e. The minimum atomic E-state index is -0.328. The third-order valence-corrected chi connectivity index (χ3v) is 2.12. The number of carbonyl (C=O) groups excluding carboxylic acids is 1. The van der Waals surface area contributed by atoms with E-state index in [-0.39, 0.29) is 12.6 Å².